The Balaban J connectivity index is 2.04. The van der Waals surface area contributed by atoms with Crippen LogP contribution < -0.4 is 19.1 Å². The normalized spacial score (nSPS) is 11.9. The van der Waals surface area contributed by atoms with Gasteiger partial charge >= 0.3 is 0 Å². The van der Waals surface area contributed by atoms with Crippen LogP contribution in [0.4, 0.5) is 5.69 Å². The molecule has 3 aromatic carbocycles. The number of amides is 2. The first-order valence-electron chi connectivity index (χ1n) is 13.6. The van der Waals surface area contributed by atoms with E-state index in [0.29, 0.717) is 18.0 Å². The fraction of sp³-hybridized carbons (Fsp3) is 0.355. The number of unbranched alkanes of at least 4 members (excludes halogenated alkanes) is 1. The van der Waals surface area contributed by atoms with E-state index in [1.54, 1.807) is 31.2 Å². The third-order valence-electron chi connectivity index (χ3n) is 6.78. The first-order chi connectivity index (χ1) is 20.0. The zero-order valence-corrected chi connectivity index (χ0v) is 27.0. The number of methoxy groups -OCH3 is 2. The zero-order chi connectivity index (χ0) is 30.9. The lowest BCUT2D eigenvalue weighted by Gasteiger charge is -2.32. The Morgan fingerprint density at radius 1 is 0.976 bits per heavy atom. The van der Waals surface area contributed by atoms with Gasteiger partial charge in [-0.2, -0.15) is 0 Å². The molecule has 0 bridgehead atoms. The first kappa shape index (κ1) is 32.9. The average molecular weight is 661 g/mol. The molecule has 1 atom stereocenters. The van der Waals surface area contributed by atoms with Crippen LogP contribution >= 0.6 is 15.9 Å². The van der Waals surface area contributed by atoms with E-state index in [2.05, 4.69) is 21.2 Å². The average Bonchev–Trinajstić information content (AvgIpc) is 2.98. The number of rotatable bonds is 14. The van der Waals surface area contributed by atoms with Gasteiger partial charge in [0.1, 0.15) is 12.6 Å². The Bertz CT molecular complexity index is 1480. The van der Waals surface area contributed by atoms with E-state index < -0.39 is 28.5 Å². The molecule has 0 aromatic heterocycles. The third kappa shape index (κ3) is 8.25. The molecular weight excluding hydrogens is 622 g/mol. The Hall–Kier alpha value is -3.57. The molecule has 3 rings (SSSR count). The first-order valence-corrected chi connectivity index (χ1v) is 15.9. The molecule has 42 heavy (non-hydrogen) atoms. The molecule has 0 aliphatic rings. The van der Waals surface area contributed by atoms with Crippen molar-refractivity contribution < 1.29 is 27.5 Å². The molecule has 2 amide bonds. The maximum atomic E-state index is 14.1. The molecule has 0 radical (unpaired) electrons. The molecule has 0 heterocycles. The Morgan fingerprint density at radius 2 is 1.67 bits per heavy atom. The van der Waals surface area contributed by atoms with Crippen molar-refractivity contribution in [3.05, 3.63) is 82.3 Å². The summed E-state index contributed by atoms with van der Waals surface area (Å²) in [6, 6.07) is 17.7. The molecule has 0 fully saturated rings. The zero-order valence-electron chi connectivity index (χ0n) is 24.6. The molecule has 11 heteroatoms. The fourth-order valence-electron chi connectivity index (χ4n) is 4.29. The van der Waals surface area contributed by atoms with E-state index in [0.717, 1.165) is 32.7 Å². The third-order valence-corrected chi connectivity index (χ3v) is 9.05. The van der Waals surface area contributed by atoms with Crippen LogP contribution in [0.25, 0.3) is 0 Å². The second-order valence-electron chi connectivity index (χ2n) is 9.84. The molecular formula is C31H38BrN3O6S. The van der Waals surface area contributed by atoms with Crippen molar-refractivity contribution in [3.8, 4) is 11.5 Å². The summed E-state index contributed by atoms with van der Waals surface area (Å²) in [5.41, 5.74) is 2.03. The van der Waals surface area contributed by atoms with Crippen molar-refractivity contribution in [1.82, 2.24) is 10.2 Å². The summed E-state index contributed by atoms with van der Waals surface area (Å²) in [5, 5.41) is 2.89. The smallest absolute Gasteiger partial charge is 0.264 e. The van der Waals surface area contributed by atoms with Crippen LogP contribution in [0, 0.1) is 6.92 Å². The molecule has 0 saturated heterocycles. The van der Waals surface area contributed by atoms with Gasteiger partial charge in [-0.1, -0.05) is 59.1 Å². The van der Waals surface area contributed by atoms with Crippen LogP contribution in [-0.2, 0) is 26.2 Å². The maximum absolute atomic E-state index is 14.1. The highest BCUT2D eigenvalue weighted by atomic mass is 79.9. The Labute approximate surface area is 257 Å². The van der Waals surface area contributed by atoms with Gasteiger partial charge in [-0.25, -0.2) is 8.42 Å². The van der Waals surface area contributed by atoms with E-state index in [4.69, 9.17) is 9.47 Å². The van der Waals surface area contributed by atoms with Gasteiger partial charge in [0.15, 0.2) is 11.5 Å². The lowest BCUT2D eigenvalue weighted by molar-refractivity contribution is -0.139. The number of anilines is 1. The van der Waals surface area contributed by atoms with Gasteiger partial charge in [-0.05, 0) is 62.2 Å². The molecule has 0 aliphatic heterocycles. The monoisotopic (exact) mass is 659 g/mol. The second kappa shape index (κ2) is 15.1. The largest absolute Gasteiger partial charge is 0.493 e. The molecule has 0 unspecified atom stereocenters. The highest BCUT2D eigenvalue weighted by Gasteiger charge is 2.33. The summed E-state index contributed by atoms with van der Waals surface area (Å²) in [4.78, 5) is 28.5. The number of hydrogen-bond acceptors (Lipinski definition) is 6. The number of benzene rings is 3. The van der Waals surface area contributed by atoms with Crippen LogP contribution in [0.15, 0.2) is 76.1 Å². The minimum atomic E-state index is -4.25. The number of carbonyl (C=O) groups excluding carboxylic acids is 2. The minimum Gasteiger partial charge on any atom is -0.493 e. The summed E-state index contributed by atoms with van der Waals surface area (Å²) < 4.78 is 40.7. The van der Waals surface area contributed by atoms with Crippen molar-refractivity contribution in [2.45, 2.75) is 51.1 Å². The lowest BCUT2D eigenvalue weighted by atomic mass is 10.1. The summed E-state index contributed by atoms with van der Waals surface area (Å²) in [6.45, 7) is 5.63. The van der Waals surface area contributed by atoms with Gasteiger partial charge in [0, 0.05) is 23.6 Å². The number of nitrogens with zero attached hydrogens (tertiary/aromatic N) is 2. The van der Waals surface area contributed by atoms with Crippen LogP contribution in [0.2, 0.25) is 0 Å². The van der Waals surface area contributed by atoms with Gasteiger partial charge in [0.2, 0.25) is 11.8 Å². The SMILES string of the molecule is CCCCNC(=O)[C@H](C)N(Cc1cccc(Br)c1)C(=O)CN(c1ccc(C)cc1)S(=O)(=O)c1ccc(OC)c(OC)c1. The van der Waals surface area contributed by atoms with E-state index >= 15 is 0 Å². The summed E-state index contributed by atoms with van der Waals surface area (Å²) in [7, 11) is -1.37. The highest BCUT2D eigenvalue weighted by molar-refractivity contribution is 9.10. The van der Waals surface area contributed by atoms with Crippen molar-refractivity contribution in [2.24, 2.45) is 0 Å². The van der Waals surface area contributed by atoms with E-state index in [1.165, 1.54) is 37.3 Å². The molecule has 3 aromatic rings. The number of carbonyl (C=O) groups is 2. The fourth-order valence-corrected chi connectivity index (χ4v) is 6.17. The van der Waals surface area contributed by atoms with E-state index in [1.807, 2.05) is 38.1 Å². The van der Waals surface area contributed by atoms with Gasteiger partial charge in [0.05, 0.1) is 24.8 Å². The van der Waals surface area contributed by atoms with Crippen LogP contribution in [0.1, 0.15) is 37.8 Å². The summed E-state index contributed by atoms with van der Waals surface area (Å²) in [5.74, 6) is -0.228. The Kier molecular flexibility index (Phi) is 11.8. The number of sulfonamides is 1. The topological polar surface area (TPSA) is 105 Å². The summed E-state index contributed by atoms with van der Waals surface area (Å²) in [6.07, 6.45) is 1.72. The Morgan fingerprint density at radius 3 is 2.29 bits per heavy atom. The van der Waals surface area contributed by atoms with Gasteiger partial charge in [0.25, 0.3) is 10.0 Å². The van der Waals surface area contributed by atoms with Crippen LogP contribution in [0.3, 0.4) is 0 Å². The molecule has 0 saturated carbocycles. The molecule has 0 aliphatic carbocycles. The highest BCUT2D eigenvalue weighted by Crippen LogP contribution is 2.32. The number of hydrogen-bond donors (Lipinski definition) is 1. The molecule has 0 spiro atoms. The number of halogens is 1. The number of aryl methyl sites for hydroxylation is 1. The number of ether oxygens (including phenoxy) is 2. The van der Waals surface area contributed by atoms with Gasteiger partial charge < -0.3 is 19.7 Å². The van der Waals surface area contributed by atoms with Crippen molar-refractivity contribution in [3.63, 3.8) is 0 Å². The van der Waals surface area contributed by atoms with Crippen molar-refractivity contribution in [1.29, 1.82) is 0 Å². The number of nitrogens with one attached hydrogen (secondary N) is 1. The van der Waals surface area contributed by atoms with E-state index in [9.17, 15) is 18.0 Å². The standard InChI is InChI=1S/C31H38BrN3O6S/c1-6-7-17-33-31(37)23(3)34(20-24-9-8-10-25(32)18-24)30(36)21-35(26-13-11-22(2)12-14-26)42(38,39)27-15-16-28(40-4)29(19-27)41-5/h8-16,18-19,23H,6-7,17,20-21H2,1-5H3,(H,33,37)/t23-/m0/s1. The van der Waals surface area contributed by atoms with E-state index in [-0.39, 0.29) is 23.1 Å². The maximum Gasteiger partial charge on any atom is 0.264 e. The van der Waals surface area contributed by atoms with Crippen molar-refractivity contribution in [2.75, 3.05) is 31.6 Å². The van der Waals surface area contributed by atoms with Gasteiger partial charge in [-0.3, -0.25) is 13.9 Å². The van der Waals surface area contributed by atoms with Gasteiger partial charge in [-0.15, -0.1) is 0 Å². The molecule has 9 nitrogen and oxygen atoms in total. The minimum absolute atomic E-state index is 0.0718. The molecule has 226 valence electrons. The summed E-state index contributed by atoms with van der Waals surface area (Å²) >= 11 is 3.46. The molecule has 1 N–H and O–H groups in total. The predicted molar refractivity (Wildman–Crippen MR) is 167 cm³/mol. The second-order valence-corrected chi connectivity index (χ2v) is 12.6. The lowest BCUT2D eigenvalue weighted by Crippen LogP contribution is -2.51. The quantitative estimate of drug-likeness (QED) is 0.235. The van der Waals surface area contributed by atoms with Crippen LogP contribution in [-0.4, -0.2) is 58.5 Å². The predicted octanol–water partition coefficient (Wildman–Crippen LogP) is 5.30. The van der Waals surface area contributed by atoms with Crippen LogP contribution in [0.5, 0.6) is 11.5 Å². The van der Waals surface area contributed by atoms with Crippen molar-refractivity contribution >= 4 is 43.5 Å².